The summed E-state index contributed by atoms with van der Waals surface area (Å²) >= 11 is 0. The maximum atomic E-state index is 12.8. The van der Waals surface area contributed by atoms with Gasteiger partial charge < -0.3 is 10.4 Å². The fourth-order valence-corrected chi connectivity index (χ4v) is 1.39. The molecule has 1 atom stereocenters. The van der Waals surface area contributed by atoms with Crippen LogP contribution in [0.4, 0.5) is 18.9 Å². The molecule has 0 radical (unpaired) electrons. The lowest BCUT2D eigenvalue weighted by atomic mass is 10.0. The van der Waals surface area contributed by atoms with Gasteiger partial charge in [-0.1, -0.05) is 11.0 Å². The number of nitriles is 1. The lowest BCUT2D eigenvalue weighted by molar-refractivity contribution is -0.138. The molecule has 0 fully saturated rings. The van der Waals surface area contributed by atoms with E-state index in [9.17, 15) is 23.1 Å². The number of nitrogens with one attached hydrogen (secondary N) is 1. The Kier molecular flexibility index (Phi) is 5.15. The monoisotopic (exact) mass is 324 g/mol. The fraction of sp³-hybridized carbons (Fsp3) is 0.250. The van der Waals surface area contributed by atoms with Gasteiger partial charge in [0.1, 0.15) is 6.07 Å². The smallest absolute Gasteiger partial charge is 0.369 e. The molecule has 0 saturated heterocycles. The zero-order chi connectivity index (χ0) is 17.7. The first-order chi connectivity index (χ1) is 10.7. The van der Waals surface area contributed by atoms with Gasteiger partial charge >= 0.3 is 6.18 Å². The summed E-state index contributed by atoms with van der Waals surface area (Å²) in [6.45, 7) is -0.818. The van der Waals surface area contributed by atoms with Crippen LogP contribution in [0.5, 0.6) is 0 Å². The van der Waals surface area contributed by atoms with Crippen molar-refractivity contribution in [1.82, 2.24) is 4.98 Å². The molecule has 23 heavy (non-hydrogen) atoms. The molecule has 1 aromatic rings. The van der Waals surface area contributed by atoms with Crippen molar-refractivity contribution in [2.45, 2.75) is 11.8 Å². The number of aromatic nitrogens is 1. The Morgan fingerprint density at radius 1 is 1.61 bits per heavy atom. The summed E-state index contributed by atoms with van der Waals surface area (Å²) in [6, 6.07) is 1.74. The molecule has 0 spiro atoms. The summed E-state index contributed by atoms with van der Waals surface area (Å²) in [5, 5.41) is 23.3. The summed E-state index contributed by atoms with van der Waals surface area (Å²) in [5.74, 6) is 0.399. The number of hydrogen-bond acceptors (Lipinski definition) is 5. The molecule has 0 aliphatic rings. The molecule has 118 valence electrons. The van der Waals surface area contributed by atoms with Crippen molar-refractivity contribution >= 4 is 11.6 Å². The highest BCUT2D eigenvalue weighted by Crippen LogP contribution is 2.32. The molecule has 0 aliphatic heterocycles. The van der Waals surface area contributed by atoms with Crippen molar-refractivity contribution in [3.63, 3.8) is 0 Å². The highest BCUT2D eigenvalue weighted by Gasteiger charge is 2.36. The number of hydrogen-bond donors (Lipinski definition) is 2. The Morgan fingerprint density at radius 3 is 2.74 bits per heavy atom. The van der Waals surface area contributed by atoms with Crippen LogP contribution >= 0.6 is 0 Å². The van der Waals surface area contributed by atoms with Gasteiger partial charge in [0.2, 0.25) is 5.60 Å². The number of alkyl halides is 3. The molecule has 0 aliphatic carbocycles. The van der Waals surface area contributed by atoms with Crippen LogP contribution in [-0.4, -0.2) is 28.1 Å². The summed E-state index contributed by atoms with van der Waals surface area (Å²) in [4.78, 5) is 17.4. The summed E-state index contributed by atoms with van der Waals surface area (Å²) < 4.78 is 38.3. The fourth-order valence-electron chi connectivity index (χ4n) is 1.39. The Labute approximate surface area is 127 Å². The van der Waals surface area contributed by atoms with E-state index in [2.05, 4.69) is 15.0 Å². The average molecular weight is 324 g/mol. The molecular formula is C12H7F3N6O2. The van der Waals surface area contributed by atoms with E-state index >= 15 is 0 Å². The van der Waals surface area contributed by atoms with E-state index in [1.807, 2.05) is 5.32 Å². The molecule has 1 rings (SSSR count). The number of terminal acetylenes is 1. The van der Waals surface area contributed by atoms with Gasteiger partial charge in [0.05, 0.1) is 24.0 Å². The highest BCUT2D eigenvalue weighted by molar-refractivity contribution is 5.99. The maximum Gasteiger partial charge on any atom is 0.419 e. The Hall–Kier alpha value is -3.27. The molecule has 8 nitrogen and oxygen atoms in total. The Morgan fingerprint density at radius 2 is 2.26 bits per heavy atom. The highest BCUT2D eigenvalue weighted by atomic mass is 19.4. The third-order valence-corrected chi connectivity index (χ3v) is 2.53. The Bertz CT molecular complexity index is 758. The van der Waals surface area contributed by atoms with E-state index in [1.165, 1.54) is 6.07 Å². The second-order valence-corrected chi connectivity index (χ2v) is 4.08. The predicted octanol–water partition coefficient (Wildman–Crippen LogP) is 1.59. The van der Waals surface area contributed by atoms with Crippen LogP contribution in [0.25, 0.3) is 10.4 Å². The number of amides is 1. The number of carbonyl (C=O) groups is 1. The van der Waals surface area contributed by atoms with Crippen LogP contribution in [0.2, 0.25) is 0 Å². The summed E-state index contributed by atoms with van der Waals surface area (Å²) in [6.07, 6.45) is 0.884. The number of nitrogens with zero attached hydrogens (tertiary/aromatic N) is 5. The van der Waals surface area contributed by atoms with Gasteiger partial charge in [-0.25, -0.2) is 4.98 Å². The Balaban J connectivity index is 3.15. The van der Waals surface area contributed by atoms with E-state index in [-0.39, 0.29) is 0 Å². The number of halogens is 3. The van der Waals surface area contributed by atoms with E-state index in [0.29, 0.717) is 6.07 Å². The first-order valence-electron chi connectivity index (χ1n) is 5.67. The van der Waals surface area contributed by atoms with Gasteiger partial charge in [-0.2, -0.15) is 18.4 Å². The molecule has 2 N–H and O–H groups in total. The van der Waals surface area contributed by atoms with Gasteiger partial charge in [0.25, 0.3) is 5.91 Å². The molecular weight excluding hydrogens is 317 g/mol. The zero-order valence-electron chi connectivity index (χ0n) is 11.2. The number of aliphatic hydroxyl groups is 1. The second kappa shape index (κ2) is 6.66. The molecule has 1 aromatic heterocycles. The minimum absolute atomic E-state index is 0.448. The van der Waals surface area contributed by atoms with Gasteiger partial charge in [-0.15, -0.1) is 6.42 Å². The first kappa shape index (κ1) is 17.8. The summed E-state index contributed by atoms with van der Waals surface area (Å²) in [5.41, 5.74) is 2.93. The van der Waals surface area contributed by atoms with Gasteiger partial charge in [-0.3, -0.25) is 4.79 Å². The summed E-state index contributed by atoms with van der Waals surface area (Å²) in [7, 11) is 0. The molecule has 1 heterocycles. The molecule has 11 heteroatoms. The van der Waals surface area contributed by atoms with Crippen LogP contribution < -0.4 is 5.32 Å². The molecule has 1 amide bonds. The van der Waals surface area contributed by atoms with Crippen molar-refractivity contribution in [1.29, 1.82) is 5.26 Å². The average Bonchev–Trinajstić information content (AvgIpc) is 2.51. The van der Waals surface area contributed by atoms with Gasteiger partial charge in [-0.05, 0) is 11.6 Å². The van der Waals surface area contributed by atoms with Crippen LogP contribution in [0.15, 0.2) is 17.4 Å². The van der Waals surface area contributed by atoms with Crippen molar-refractivity contribution in [2.24, 2.45) is 5.11 Å². The number of pyridine rings is 1. The first-order valence-corrected chi connectivity index (χ1v) is 5.67. The third-order valence-electron chi connectivity index (χ3n) is 2.53. The number of carbonyl (C=O) groups excluding carboxylic acids is 1. The minimum Gasteiger partial charge on any atom is -0.369 e. The number of azide groups is 1. The molecule has 0 unspecified atom stereocenters. The topological polar surface area (TPSA) is 135 Å². The number of rotatable bonds is 4. The predicted molar refractivity (Wildman–Crippen MR) is 70.4 cm³/mol. The quantitative estimate of drug-likeness (QED) is 0.376. The number of anilines is 1. The maximum absolute atomic E-state index is 12.8. The lowest BCUT2D eigenvalue weighted by Gasteiger charge is -2.19. The zero-order valence-corrected chi connectivity index (χ0v) is 11.2. The van der Waals surface area contributed by atoms with E-state index < -0.39 is 41.2 Å². The van der Waals surface area contributed by atoms with E-state index in [0.717, 1.165) is 6.20 Å². The van der Waals surface area contributed by atoms with Crippen LogP contribution in [0.3, 0.4) is 0 Å². The van der Waals surface area contributed by atoms with Crippen LogP contribution in [0.1, 0.15) is 11.3 Å². The lowest BCUT2D eigenvalue weighted by Crippen LogP contribution is -2.44. The second-order valence-electron chi connectivity index (χ2n) is 4.08. The van der Waals surface area contributed by atoms with E-state index in [4.69, 9.17) is 17.2 Å². The largest absolute Gasteiger partial charge is 0.419 e. The third kappa shape index (κ3) is 4.11. The van der Waals surface area contributed by atoms with Crippen LogP contribution in [-0.2, 0) is 11.0 Å². The van der Waals surface area contributed by atoms with Gasteiger partial charge in [0.15, 0.2) is 5.69 Å². The van der Waals surface area contributed by atoms with Crippen molar-refractivity contribution in [2.75, 3.05) is 11.9 Å². The normalized spacial score (nSPS) is 13.0. The van der Waals surface area contributed by atoms with Gasteiger partial charge in [0, 0.05) is 4.91 Å². The standard InChI is InChI=1S/C12H7F3N6O2/c1-2-11(23,6-19-21-17)10(22)20-7-3-8(12(13,14)15)9(4-16)18-5-7/h1,3,5,23H,6H2,(H,20,22)/t11-/m0/s1. The van der Waals surface area contributed by atoms with Crippen molar-refractivity contribution < 1.29 is 23.1 Å². The van der Waals surface area contributed by atoms with Crippen LogP contribution in [0, 0.1) is 23.7 Å². The minimum atomic E-state index is -4.87. The van der Waals surface area contributed by atoms with E-state index in [1.54, 1.807) is 5.92 Å². The molecule has 0 saturated carbocycles. The van der Waals surface area contributed by atoms with Crippen molar-refractivity contribution in [3.05, 3.63) is 34.0 Å². The molecule has 0 aromatic carbocycles. The van der Waals surface area contributed by atoms with Crippen molar-refractivity contribution in [3.8, 4) is 18.4 Å². The SMILES string of the molecule is C#C[C@](O)(CN=[N+]=[N-])C(=O)Nc1cnc(C#N)c(C(F)(F)F)c1. The molecule has 0 bridgehead atoms.